The highest BCUT2D eigenvalue weighted by atomic mass is 35.5. The largest absolute Gasteiger partial charge is 0.478 e. The fraction of sp³-hybridized carbons (Fsp3) is 0.229. The maximum atomic E-state index is 15.7. The number of halogens is 4. The molecule has 1 fully saturated rings. The summed E-state index contributed by atoms with van der Waals surface area (Å²) in [7, 11) is 0. The first kappa shape index (κ1) is 32.3. The monoisotopic (exact) mass is 688 g/mol. The van der Waals surface area contributed by atoms with Crippen LogP contribution in [0.5, 0.6) is 5.88 Å². The molecular weight excluding hydrogens is 661 g/mol. The standard InChI is InChI=1S/C35H28ClF3N6O4/c1-35(2)17-48-16-29(35)45-28-10-20(34(46)47)9-26(39)33(28)43-31(45)11-19-8-25(38)22(12-24(19)37)27-4-3-5-32(42-27)49-15-21-14-41-30(13-23(21)36)44-7-6-40-18-44/h3-10,12-14,18,29H,11,15-17H2,1-2H3,(H,46,47). The molecule has 6 aromatic rings. The first-order chi connectivity index (χ1) is 23.5. The van der Waals surface area contributed by atoms with Crippen molar-refractivity contribution in [3.8, 4) is 23.0 Å². The number of carboxylic acids is 1. The molecule has 0 aliphatic carbocycles. The number of fused-ring (bicyclic) bond motifs is 1. The molecule has 0 amide bonds. The molecule has 14 heteroatoms. The fourth-order valence-electron chi connectivity index (χ4n) is 5.95. The third-order valence-corrected chi connectivity index (χ3v) is 8.93. The van der Waals surface area contributed by atoms with Crippen molar-refractivity contribution >= 4 is 28.6 Å². The Kier molecular flexibility index (Phi) is 8.33. The summed E-state index contributed by atoms with van der Waals surface area (Å²) in [5, 5.41) is 9.99. The molecule has 0 radical (unpaired) electrons. The van der Waals surface area contributed by atoms with Gasteiger partial charge in [-0.15, -0.1) is 0 Å². The Morgan fingerprint density at radius 3 is 2.63 bits per heavy atom. The van der Waals surface area contributed by atoms with E-state index >= 15 is 13.2 Å². The Morgan fingerprint density at radius 1 is 1.08 bits per heavy atom. The molecule has 1 unspecified atom stereocenters. The predicted molar refractivity (Wildman–Crippen MR) is 173 cm³/mol. The van der Waals surface area contributed by atoms with Gasteiger partial charge in [-0.05, 0) is 35.9 Å². The number of aromatic nitrogens is 6. The molecule has 4 aromatic heterocycles. The summed E-state index contributed by atoms with van der Waals surface area (Å²) < 4.78 is 61.5. The average molecular weight is 689 g/mol. The fourth-order valence-corrected chi connectivity index (χ4v) is 6.16. The summed E-state index contributed by atoms with van der Waals surface area (Å²) in [6.45, 7) is 4.60. The summed E-state index contributed by atoms with van der Waals surface area (Å²) in [5.74, 6) is -2.61. The van der Waals surface area contributed by atoms with Gasteiger partial charge in [-0.1, -0.05) is 31.5 Å². The van der Waals surface area contributed by atoms with Crippen LogP contribution >= 0.6 is 11.6 Å². The van der Waals surface area contributed by atoms with Gasteiger partial charge in [0.2, 0.25) is 5.88 Å². The van der Waals surface area contributed by atoms with Gasteiger partial charge in [0, 0.05) is 53.7 Å². The SMILES string of the molecule is CC1(C)COCC1n1c(Cc2cc(F)c(-c3cccc(OCc4cnc(-n5ccnc5)cc4Cl)n3)cc2F)nc2c(F)cc(C(=O)O)cc21. The lowest BCUT2D eigenvalue weighted by molar-refractivity contribution is 0.0696. The van der Waals surface area contributed by atoms with Crippen LogP contribution < -0.4 is 4.74 Å². The minimum Gasteiger partial charge on any atom is -0.478 e. The van der Waals surface area contributed by atoms with Gasteiger partial charge in [0.05, 0.1) is 41.1 Å². The summed E-state index contributed by atoms with van der Waals surface area (Å²) >= 11 is 6.44. The number of imidazole rings is 2. The Labute approximate surface area is 282 Å². The van der Waals surface area contributed by atoms with Crippen molar-refractivity contribution in [1.82, 2.24) is 29.1 Å². The number of benzene rings is 2. The first-order valence-electron chi connectivity index (χ1n) is 15.2. The Balaban J connectivity index is 1.16. The number of hydrogen-bond donors (Lipinski definition) is 1. The molecule has 1 atom stereocenters. The quantitative estimate of drug-likeness (QED) is 0.169. The van der Waals surface area contributed by atoms with E-state index in [1.807, 2.05) is 13.8 Å². The van der Waals surface area contributed by atoms with Crippen LogP contribution in [0.1, 0.15) is 47.2 Å². The van der Waals surface area contributed by atoms with E-state index in [9.17, 15) is 9.90 Å². The normalized spacial score (nSPS) is 15.6. The second-order valence-corrected chi connectivity index (χ2v) is 12.8. The predicted octanol–water partition coefficient (Wildman–Crippen LogP) is 7.22. The van der Waals surface area contributed by atoms with Gasteiger partial charge in [-0.25, -0.2) is 37.9 Å². The molecule has 0 spiro atoms. The van der Waals surface area contributed by atoms with Crippen LogP contribution in [0.2, 0.25) is 5.02 Å². The van der Waals surface area contributed by atoms with E-state index in [1.165, 1.54) is 12.1 Å². The molecular formula is C35H28ClF3N6O4. The van der Waals surface area contributed by atoms with Crippen molar-refractivity contribution in [3.63, 3.8) is 0 Å². The molecule has 7 rings (SSSR count). The molecule has 5 heterocycles. The lowest BCUT2D eigenvalue weighted by atomic mass is 9.87. The second-order valence-electron chi connectivity index (χ2n) is 12.4. The zero-order valence-electron chi connectivity index (χ0n) is 26.2. The molecule has 0 saturated carbocycles. The molecule has 0 bridgehead atoms. The van der Waals surface area contributed by atoms with E-state index in [0.717, 1.165) is 18.2 Å². The van der Waals surface area contributed by atoms with Gasteiger partial charge in [-0.3, -0.25) is 4.57 Å². The maximum absolute atomic E-state index is 15.7. The third kappa shape index (κ3) is 6.22. The summed E-state index contributed by atoms with van der Waals surface area (Å²) in [6, 6.07) is 10.4. The van der Waals surface area contributed by atoms with Gasteiger partial charge in [-0.2, -0.15) is 0 Å². The van der Waals surface area contributed by atoms with E-state index in [-0.39, 0.29) is 70.8 Å². The van der Waals surface area contributed by atoms with Crippen LogP contribution in [-0.4, -0.2) is 53.4 Å². The summed E-state index contributed by atoms with van der Waals surface area (Å²) in [6.07, 6.45) is 6.34. The van der Waals surface area contributed by atoms with Crippen molar-refractivity contribution < 1.29 is 32.5 Å². The number of nitrogens with zero attached hydrogens (tertiary/aromatic N) is 6. The molecule has 1 saturated heterocycles. The zero-order chi connectivity index (χ0) is 34.4. The highest BCUT2D eigenvalue weighted by Gasteiger charge is 2.39. The molecule has 10 nitrogen and oxygen atoms in total. The van der Waals surface area contributed by atoms with Crippen molar-refractivity contribution in [2.24, 2.45) is 5.41 Å². The van der Waals surface area contributed by atoms with Crippen molar-refractivity contribution in [2.75, 3.05) is 13.2 Å². The van der Waals surface area contributed by atoms with E-state index in [0.29, 0.717) is 23.0 Å². The van der Waals surface area contributed by atoms with Crippen LogP contribution in [-0.2, 0) is 17.8 Å². The molecule has 2 aromatic carbocycles. The van der Waals surface area contributed by atoms with Crippen LogP contribution in [0.25, 0.3) is 28.1 Å². The van der Waals surface area contributed by atoms with Gasteiger partial charge < -0.3 is 19.1 Å². The number of aromatic carboxylic acids is 1. The second kappa shape index (κ2) is 12.6. The number of ether oxygens (including phenoxy) is 2. The molecule has 1 aliphatic rings. The van der Waals surface area contributed by atoms with Crippen molar-refractivity contribution in [3.05, 3.63) is 118 Å². The molecule has 49 heavy (non-hydrogen) atoms. The van der Waals surface area contributed by atoms with Crippen molar-refractivity contribution in [1.29, 1.82) is 0 Å². The van der Waals surface area contributed by atoms with E-state index in [2.05, 4.69) is 19.9 Å². The molecule has 1 aliphatic heterocycles. The number of rotatable bonds is 9. The van der Waals surface area contributed by atoms with Gasteiger partial charge >= 0.3 is 5.97 Å². The third-order valence-electron chi connectivity index (χ3n) is 8.58. The number of carbonyl (C=O) groups is 1. The summed E-state index contributed by atoms with van der Waals surface area (Å²) in [4.78, 5) is 28.9. The minimum atomic E-state index is -1.30. The topological polar surface area (TPSA) is 117 Å². The number of hydrogen-bond acceptors (Lipinski definition) is 7. The van der Waals surface area contributed by atoms with Crippen molar-refractivity contribution in [2.45, 2.75) is 32.9 Å². The highest BCUT2D eigenvalue weighted by molar-refractivity contribution is 6.31. The van der Waals surface area contributed by atoms with Crippen LogP contribution in [0.3, 0.4) is 0 Å². The van der Waals surface area contributed by atoms with E-state index in [4.69, 9.17) is 21.1 Å². The lowest BCUT2D eigenvalue weighted by Crippen LogP contribution is -2.27. The lowest BCUT2D eigenvalue weighted by Gasteiger charge is -2.28. The Morgan fingerprint density at radius 2 is 1.92 bits per heavy atom. The van der Waals surface area contributed by atoms with Crippen LogP contribution in [0.4, 0.5) is 13.2 Å². The van der Waals surface area contributed by atoms with Gasteiger partial charge in [0.15, 0.2) is 5.82 Å². The molecule has 250 valence electrons. The number of carboxylic acid groups (broad SMARTS) is 1. The smallest absolute Gasteiger partial charge is 0.335 e. The van der Waals surface area contributed by atoms with E-state index < -0.39 is 28.8 Å². The summed E-state index contributed by atoms with van der Waals surface area (Å²) in [5.41, 5.74) is 0.105. The van der Waals surface area contributed by atoms with Crippen LogP contribution in [0, 0.1) is 22.9 Å². The zero-order valence-corrected chi connectivity index (χ0v) is 27.0. The van der Waals surface area contributed by atoms with Gasteiger partial charge in [0.25, 0.3) is 0 Å². The average Bonchev–Trinajstić information content (AvgIpc) is 3.81. The van der Waals surface area contributed by atoms with E-state index in [1.54, 1.807) is 52.3 Å². The van der Waals surface area contributed by atoms with Crippen LogP contribution in [0.15, 0.2) is 73.4 Å². The minimum absolute atomic E-state index is 0.0259. The Hall–Kier alpha value is -5.27. The first-order valence-corrected chi connectivity index (χ1v) is 15.6. The maximum Gasteiger partial charge on any atom is 0.335 e. The molecule has 1 N–H and O–H groups in total. The number of pyridine rings is 2. The van der Waals surface area contributed by atoms with Gasteiger partial charge in [0.1, 0.15) is 41.7 Å². The Bertz CT molecular complexity index is 2220. The highest BCUT2D eigenvalue weighted by Crippen LogP contribution is 2.41.